The second-order valence-corrected chi connectivity index (χ2v) is 8.37. The molecule has 9 heteroatoms. The molecule has 8 nitrogen and oxygen atoms in total. The highest BCUT2D eigenvalue weighted by Gasteiger charge is 2.35. The lowest BCUT2D eigenvalue weighted by atomic mass is 10.0. The summed E-state index contributed by atoms with van der Waals surface area (Å²) in [4.78, 5) is 23.8. The fourth-order valence-electron chi connectivity index (χ4n) is 2.90. The maximum Gasteiger partial charge on any atom is 0.331 e. The van der Waals surface area contributed by atoms with Crippen molar-refractivity contribution in [2.75, 3.05) is 13.7 Å². The third-order valence-corrected chi connectivity index (χ3v) is 5.90. The summed E-state index contributed by atoms with van der Waals surface area (Å²) in [5.41, 5.74) is -1.56. The monoisotopic (exact) mass is 384 g/mol. The molecule has 1 aliphatic carbocycles. The van der Waals surface area contributed by atoms with Crippen LogP contribution >= 0.6 is 0 Å². The molecule has 2 rings (SSSR count). The van der Waals surface area contributed by atoms with E-state index in [-0.39, 0.29) is 23.1 Å². The molecule has 1 fully saturated rings. The average molecular weight is 384 g/mol. The summed E-state index contributed by atoms with van der Waals surface area (Å²) >= 11 is 0. The lowest BCUT2D eigenvalue weighted by Gasteiger charge is -2.25. The van der Waals surface area contributed by atoms with Crippen LogP contribution in [0.3, 0.4) is 0 Å². The molecule has 0 saturated heterocycles. The number of carboxylic acids is 1. The minimum atomic E-state index is -3.74. The molecule has 26 heavy (non-hydrogen) atoms. The Morgan fingerprint density at radius 1 is 1.31 bits per heavy atom. The normalized spacial score (nSPS) is 17.6. The van der Waals surface area contributed by atoms with Crippen molar-refractivity contribution >= 4 is 21.9 Å². The number of sulfonamides is 1. The van der Waals surface area contributed by atoms with Gasteiger partial charge in [0.25, 0.3) is 5.91 Å². The Balaban J connectivity index is 2.19. The largest absolute Gasteiger partial charge is 0.479 e. The second kappa shape index (κ2) is 8.15. The zero-order chi connectivity index (χ0) is 19.4. The molecule has 1 aliphatic rings. The van der Waals surface area contributed by atoms with E-state index < -0.39 is 27.4 Å². The number of carbonyl (C=O) groups excluding carboxylic acids is 1. The van der Waals surface area contributed by atoms with Gasteiger partial charge in [-0.2, -0.15) is 0 Å². The van der Waals surface area contributed by atoms with E-state index >= 15 is 0 Å². The van der Waals surface area contributed by atoms with E-state index in [1.807, 2.05) is 0 Å². The van der Waals surface area contributed by atoms with Gasteiger partial charge in [-0.05, 0) is 38.0 Å². The van der Waals surface area contributed by atoms with Gasteiger partial charge in [-0.1, -0.05) is 18.9 Å². The van der Waals surface area contributed by atoms with Gasteiger partial charge < -0.3 is 15.2 Å². The van der Waals surface area contributed by atoms with Crippen molar-refractivity contribution in [1.82, 2.24) is 10.0 Å². The van der Waals surface area contributed by atoms with Crippen LogP contribution in [0.5, 0.6) is 0 Å². The topological polar surface area (TPSA) is 122 Å². The van der Waals surface area contributed by atoms with Crippen LogP contribution in [-0.2, 0) is 19.6 Å². The fraction of sp³-hybridized carbons (Fsp3) is 0.529. The zero-order valence-electron chi connectivity index (χ0n) is 14.8. The lowest BCUT2D eigenvalue weighted by molar-refractivity contribution is -0.145. The fourth-order valence-corrected chi connectivity index (χ4v) is 4.25. The maximum absolute atomic E-state index is 12.5. The van der Waals surface area contributed by atoms with Gasteiger partial charge in [0.1, 0.15) is 0 Å². The van der Waals surface area contributed by atoms with Crippen molar-refractivity contribution in [2.45, 2.75) is 49.1 Å². The molecule has 0 bridgehead atoms. The Morgan fingerprint density at radius 3 is 2.54 bits per heavy atom. The summed E-state index contributed by atoms with van der Waals surface area (Å²) < 4.78 is 32.5. The molecular weight excluding hydrogens is 360 g/mol. The third-order valence-electron chi connectivity index (χ3n) is 4.38. The SMILES string of the molecule is COCC(C)(NC(=O)c1cccc(S(=O)(=O)NC2CCCC2)c1)C(=O)O. The van der Waals surface area contributed by atoms with E-state index in [9.17, 15) is 23.1 Å². The summed E-state index contributed by atoms with van der Waals surface area (Å²) in [5.74, 6) is -1.94. The first-order chi connectivity index (χ1) is 12.2. The number of benzene rings is 1. The van der Waals surface area contributed by atoms with Crippen LogP contribution in [0.2, 0.25) is 0 Å². The Hall–Kier alpha value is -1.97. The Bertz CT molecular complexity index is 773. The van der Waals surface area contributed by atoms with Crippen molar-refractivity contribution in [3.63, 3.8) is 0 Å². The summed E-state index contributed by atoms with van der Waals surface area (Å²) in [5, 5.41) is 11.7. The van der Waals surface area contributed by atoms with E-state index in [0.717, 1.165) is 25.7 Å². The van der Waals surface area contributed by atoms with Crippen molar-refractivity contribution in [3.05, 3.63) is 29.8 Å². The van der Waals surface area contributed by atoms with Gasteiger partial charge in [0, 0.05) is 18.7 Å². The van der Waals surface area contributed by atoms with Crippen LogP contribution < -0.4 is 10.0 Å². The standard InChI is InChI=1S/C17H24N2O6S/c1-17(11-25-2,16(21)22)18-15(20)12-6-5-9-14(10-12)26(23,24)19-13-7-3-4-8-13/h5-6,9-10,13,19H,3-4,7-8,11H2,1-2H3,(H,18,20)(H,21,22). The molecule has 0 radical (unpaired) electrons. The van der Waals surface area contributed by atoms with Crippen LogP contribution in [0.1, 0.15) is 43.0 Å². The molecule has 0 aliphatic heterocycles. The van der Waals surface area contributed by atoms with E-state index in [1.165, 1.54) is 38.3 Å². The number of hydrogen-bond acceptors (Lipinski definition) is 5. The summed E-state index contributed by atoms with van der Waals surface area (Å²) in [6.07, 6.45) is 3.58. The smallest absolute Gasteiger partial charge is 0.331 e. The number of nitrogens with one attached hydrogen (secondary N) is 2. The third kappa shape index (κ3) is 4.80. The van der Waals surface area contributed by atoms with Gasteiger partial charge in [0.15, 0.2) is 5.54 Å². The zero-order valence-corrected chi connectivity index (χ0v) is 15.6. The number of aliphatic carboxylic acids is 1. The minimum absolute atomic E-state index is 0.0270. The highest BCUT2D eigenvalue weighted by Crippen LogP contribution is 2.21. The second-order valence-electron chi connectivity index (χ2n) is 6.65. The summed E-state index contributed by atoms with van der Waals surface area (Å²) in [6.45, 7) is 1.09. The van der Waals surface area contributed by atoms with Crippen LogP contribution in [-0.4, -0.2) is 50.7 Å². The minimum Gasteiger partial charge on any atom is -0.479 e. The quantitative estimate of drug-likeness (QED) is 0.618. The molecule has 1 unspecified atom stereocenters. The van der Waals surface area contributed by atoms with Gasteiger partial charge in [-0.3, -0.25) is 4.79 Å². The van der Waals surface area contributed by atoms with Gasteiger partial charge >= 0.3 is 5.97 Å². The van der Waals surface area contributed by atoms with E-state index in [2.05, 4.69) is 10.0 Å². The molecule has 1 aromatic rings. The number of methoxy groups -OCH3 is 1. The first-order valence-electron chi connectivity index (χ1n) is 8.35. The number of amides is 1. The molecule has 0 heterocycles. The molecule has 1 aromatic carbocycles. The number of hydrogen-bond donors (Lipinski definition) is 3. The number of rotatable bonds is 8. The van der Waals surface area contributed by atoms with E-state index in [0.29, 0.717) is 0 Å². The Morgan fingerprint density at radius 2 is 1.96 bits per heavy atom. The predicted octanol–water partition coefficient (Wildman–Crippen LogP) is 1.13. The number of ether oxygens (including phenoxy) is 1. The van der Waals surface area contributed by atoms with Crippen LogP contribution in [0.25, 0.3) is 0 Å². The van der Waals surface area contributed by atoms with Crippen molar-refractivity contribution < 1.29 is 27.9 Å². The number of carboxylic acid groups (broad SMARTS) is 1. The van der Waals surface area contributed by atoms with E-state index in [4.69, 9.17) is 4.74 Å². The molecule has 0 aromatic heterocycles. The van der Waals surface area contributed by atoms with Crippen molar-refractivity contribution in [1.29, 1.82) is 0 Å². The first-order valence-corrected chi connectivity index (χ1v) is 9.83. The summed E-state index contributed by atoms with van der Waals surface area (Å²) in [6, 6.07) is 5.43. The lowest BCUT2D eigenvalue weighted by Crippen LogP contribution is -2.55. The number of carbonyl (C=O) groups is 2. The van der Waals surface area contributed by atoms with Gasteiger partial charge in [0.05, 0.1) is 11.5 Å². The van der Waals surface area contributed by atoms with Crippen molar-refractivity contribution in [2.24, 2.45) is 0 Å². The Labute approximate surface area is 153 Å². The average Bonchev–Trinajstić information content (AvgIpc) is 3.07. The van der Waals surface area contributed by atoms with Gasteiger partial charge in [0.2, 0.25) is 10.0 Å². The molecule has 3 N–H and O–H groups in total. The molecule has 0 spiro atoms. The molecule has 1 amide bonds. The highest BCUT2D eigenvalue weighted by molar-refractivity contribution is 7.89. The first kappa shape index (κ1) is 20.3. The van der Waals surface area contributed by atoms with Crippen molar-refractivity contribution in [3.8, 4) is 0 Å². The summed E-state index contributed by atoms with van der Waals surface area (Å²) in [7, 11) is -2.41. The molecule has 1 saturated carbocycles. The van der Waals surface area contributed by atoms with Crippen LogP contribution in [0.4, 0.5) is 0 Å². The van der Waals surface area contributed by atoms with Gasteiger partial charge in [-0.15, -0.1) is 0 Å². The molecule has 1 atom stereocenters. The van der Waals surface area contributed by atoms with Crippen LogP contribution in [0.15, 0.2) is 29.2 Å². The molecular formula is C17H24N2O6S. The molecule has 144 valence electrons. The van der Waals surface area contributed by atoms with E-state index in [1.54, 1.807) is 0 Å². The van der Waals surface area contributed by atoms with Crippen LogP contribution in [0, 0.1) is 0 Å². The maximum atomic E-state index is 12.5. The Kier molecular flexibility index (Phi) is 6.38. The highest BCUT2D eigenvalue weighted by atomic mass is 32.2. The van der Waals surface area contributed by atoms with Gasteiger partial charge in [-0.25, -0.2) is 17.9 Å². The predicted molar refractivity (Wildman–Crippen MR) is 94.4 cm³/mol.